The number of likely N-dealkylation sites (tertiary alicyclic amines) is 1. The van der Waals surface area contributed by atoms with Crippen LogP contribution >= 0.6 is 0 Å². The van der Waals surface area contributed by atoms with Gasteiger partial charge in [0.05, 0.1) is 0 Å². The van der Waals surface area contributed by atoms with E-state index in [4.69, 9.17) is 5.11 Å². The fourth-order valence-electron chi connectivity index (χ4n) is 2.81. The molecule has 1 aromatic carbocycles. The van der Waals surface area contributed by atoms with Gasteiger partial charge in [0.25, 0.3) is 0 Å². The SMILES string of the molecule is CCC1CCCN(Cc2ccc(F)cc2C#CCO)C1. The van der Waals surface area contributed by atoms with E-state index in [2.05, 4.69) is 23.7 Å². The van der Waals surface area contributed by atoms with Crippen LogP contribution in [0.15, 0.2) is 18.2 Å². The van der Waals surface area contributed by atoms with Crippen molar-refractivity contribution in [1.29, 1.82) is 0 Å². The number of aliphatic hydroxyl groups is 1. The van der Waals surface area contributed by atoms with E-state index < -0.39 is 0 Å². The summed E-state index contributed by atoms with van der Waals surface area (Å²) < 4.78 is 13.3. The standard InChI is InChI=1S/C17H22FNO/c1-2-14-5-3-9-19(12-14)13-16-7-8-17(18)11-15(16)6-4-10-20/h7-8,11,14,20H,2-3,5,9-10,12-13H2,1H3. The topological polar surface area (TPSA) is 23.5 Å². The molecule has 1 atom stereocenters. The van der Waals surface area contributed by atoms with Crippen LogP contribution in [0.2, 0.25) is 0 Å². The van der Waals surface area contributed by atoms with Crippen molar-refractivity contribution in [3.8, 4) is 11.8 Å². The van der Waals surface area contributed by atoms with Crippen LogP contribution in [0.4, 0.5) is 4.39 Å². The Bertz CT molecular complexity index is 503. The molecule has 0 bridgehead atoms. The van der Waals surface area contributed by atoms with Gasteiger partial charge in [-0.05, 0) is 43.0 Å². The number of rotatable bonds is 3. The van der Waals surface area contributed by atoms with Crippen molar-refractivity contribution in [1.82, 2.24) is 4.90 Å². The normalized spacial score (nSPS) is 19.4. The molecule has 1 aliphatic heterocycles. The molecule has 20 heavy (non-hydrogen) atoms. The summed E-state index contributed by atoms with van der Waals surface area (Å²) in [6.45, 7) is 5.06. The first kappa shape index (κ1) is 15.0. The van der Waals surface area contributed by atoms with Crippen LogP contribution in [0.5, 0.6) is 0 Å². The smallest absolute Gasteiger partial charge is 0.124 e. The Hall–Kier alpha value is -1.37. The quantitative estimate of drug-likeness (QED) is 0.857. The molecule has 1 heterocycles. The number of halogens is 1. The Kier molecular flexibility index (Phi) is 5.58. The molecule has 0 amide bonds. The highest BCUT2D eigenvalue weighted by molar-refractivity contribution is 5.41. The number of hydrogen-bond donors (Lipinski definition) is 1. The predicted molar refractivity (Wildman–Crippen MR) is 78.7 cm³/mol. The highest BCUT2D eigenvalue weighted by Gasteiger charge is 2.19. The maximum absolute atomic E-state index is 13.3. The summed E-state index contributed by atoms with van der Waals surface area (Å²) in [6.07, 6.45) is 3.77. The molecule has 0 aliphatic carbocycles. The number of aliphatic hydroxyl groups excluding tert-OH is 1. The lowest BCUT2D eigenvalue weighted by atomic mass is 9.95. The molecular weight excluding hydrogens is 253 g/mol. The third-order valence-corrected chi connectivity index (χ3v) is 3.95. The molecular formula is C17H22FNO. The summed E-state index contributed by atoms with van der Waals surface area (Å²) in [4.78, 5) is 2.43. The minimum Gasteiger partial charge on any atom is -0.384 e. The van der Waals surface area contributed by atoms with Crippen molar-refractivity contribution in [3.05, 3.63) is 35.1 Å². The molecule has 1 N–H and O–H groups in total. The molecule has 1 aliphatic rings. The summed E-state index contributed by atoms with van der Waals surface area (Å²) >= 11 is 0. The van der Waals surface area contributed by atoms with Crippen LogP contribution in [-0.4, -0.2) is 29.7 Å². The average molecular weight is 275 g/mol. The Morgan fingerprint density at radius 1 is 1.45 bits per heavy atom. The summed E-state index contributed by atoms with van der Waals surface area (Å²) in [7, 11) is 0. The molecule has 2 rings (SSSR count). The van der Waals surface area contributed by atoms with Gasteiger partial charge in [-0.3, -0.25) is 4.90 Å². The molecule has 0 saturated carbocycles. The highest BCUT2D eigenvalue weighted by Crippen LogP contribution is 2.22. The molecule has 108 valence electrons. The lowest BCUT2D eigenvalue weighted by Crippen LogP contribution is -2.34. The molecule has 1 saturated heterocycles. The van der Waals surface area contributed by atoms with E-state index in [1.807, 2.05) is 6.07 Å². The second kappa shape index (κ2) is 7.42. The number of hydrogen-bond acceptors (Lipinski definition) is 2. The summed E-state index contributed by atoms with van der Waals surface area (Å²) in [5.41, 5.74) is 1.74. The van der Waals surface area contributed by atoms with Gasteiger partial charge in [0.1, 0.15) is 12.4 Å². The zero-order valence-corrected chi connectivity index (χ0v) is 12.0. The molecule has 0 spiro atoms. The van der Waals surface area contributed by atoms with Crippen LogP contribution in [0.3, 0.4) is 0 Å². The van der Waals surface area contributed by atoms with Crippen molar-refractivity contribution in [2.75, 3.05) is 19.7 Å². The van der Waals surface area contributed by atoms with Gasteiger partial charge in [0, 0.05) is 18.7 Å². The highest BCUT2D eigenvalue weighted by atomic mass is 19.1. The third-order valence-electron chi connectivity index (χ3n) is 3.95. The van der Waals surface area contributed by atoms with E-state index in [0.29, 0.717) is 5.56 Å². The Balaban J connectivity index is 2.12. The van der Waals surface area contributed by atoms with Crippen molar-refractivity contribution in [3.63, 3.8) is 0 Å². The summed E-state index contributed by atoms with van der Waals surface area (Å²) in [5, 5.41) is 8.80. The predicted octanol–water partition coefficient (Wildman–Crippen LogP) is 2.79. The Morgan fingerprint density at radius 3 is 3.05 bits per heavy atom. The second-order valence-corrected chi connectivity index (χ2v) is 5.41. The van der Waals surface area contributed by atoms with Crippen molar-refractivity contribution < 1.29 is 9.50 Å². The van der Waals surface area contributed by atoms with Crippen LogP contribution < -0.4 is 0 Å². The maximum Gasteiger partial charge on any atom is 0.124 e. The van der Waals surface area contributed by atoms with E-state index in [-0.39, 0.29) is 12.4 Å². The lowest BCUT2D eigenvalue weighted by Gasteiger charge is -2.32. The largest absolute Gasteiger partial charge is 0.384 e. The van der Waals surface area contributed by atoms with E-state index in [1.165, 1.54) is 31.4 Å². The maximum atomic E-state index is 13.3. The number of piperidine rings is 1. The number of benzene rings is 1. The van der Waals surface area contributed by atoms with E-state index >= 15 is 0 Å². The van der Waals surface area contributed by atoms with Gasteiger partial charge in [-0.15, -0.1) is 0 Å². The summed E-state index contributed by atoms with van der Waals surface area (Å²) in [5.74, 6) is 5.96. The molecule has 1 unspecified atom stereocenters. The van der Waals surface area contributed by atoms with Crippen molar-refractivity contribution in [2.45, 2.75) is 32.7 Å². The first-order valence-corrected chi connectivity index (χ1v) is 7.33. The molecule has 2 nitrogen and oxygen atoms in total. The van der Waals surface area contributed by atoms with Gasteiger partial charge in [0.2, 0.25) is 0 Å². The van der Waals surface area contributed by atoms with Gasteiger partial charge in [-0.2, -0.15) is 0 Å². The molecule has 0 radical (unpaired) electrons. The van der Waals surface area contributed by atoms with Gasteiger partial charge in [0.15, 0.2) is 0 Å². The monoisotopic (exact) mass is 275 g/mol. The van der Waals surface area contributed by atoms with Crippen LogP contribution in [0.25, 0.3) is 0 Å². The minimum atomic E-state index is -0.277. The fraction of sp³-hybridized carbons (Fsp3) is 0.529. The molecule has 1 aromatic rings. The third kappa shape index (κ3) is 4.06. The lowest BCUT2D eigenvalue weighted by molar-refractivity contribution is 0.164. The zero-order valence-electron chi connectivity index (χ0n) is 12.0. The second-order valence-electron chi connectivity index (χ2n) is 5.41. The first-order chi connectivity index (χ1) is 9.72. The van der Waals surface area contributed by atoms with Gasteiger partial charge in [-0.1, -0.05) is 31.3 Å². The molecule has 0 aromatic heterocycles. The van der Waals surface area contributed by atoms with E-state index in [0.717, 1.165) is 31.1 Å². The van der Waals surface area contributed by atoms with Crippen LogP contribution in [-0.2, 0) is 6.54 Å². The minimum absolute atomic E-state index is 0.197. The van der Waals surface area contributed by atoms with Crippen molar-refractivity contribution in [2.24, 2.45) is 5.92 Å². The fourth-order valence-corrected chi connectivity index (χ4v) is 2.81. The Labute approximate surface area is 120 Å². The molecule has 1 fully saturated rings. The first-order valence-electron chi connectivity index (χ1n) is 7.33. The average Bonchev–Trinajstić information content (AvgIpc) is 2.47. The van der Waals surface area contributed by atoms with Gasteiger partial charge in [-0.25, -0.2) is 4.39 Å². The van der Waals surface area contributed by atoms with Gasteiger partial charge < -0.3 is 5.11 Å². The van der Waals surface area contributed by atoms with E-state index in [1.54, 1.807) is 0 Å². The van der Waals surface area contributed by atoms with Gasteiger partial charge >= 0.3 is 0 Å². The summed E-state index contributed by atoms with van der Waals surface area (Å²) in [6, 6.07) is 4.76. The van der Waals surface area contributed by atoms with Crippen molar-refractivity contribution >= 4 is 0 Å². The Morgan fingerprint density at radius 2 is 2.30 bits per heavy atom. The zero-order chi connectivity index (χ0) is 14.4. The van der Waals surface area contributed by atoms with Crippen LogP contribution in [0.1, 0.15) is 37.3 Å². The number of nitrogens with zero attached hydrogens (tertiary/aromatic N) is 1. The van der Waals surface area contributed by atoms with Crippen LogP contribution in [0, 0.1) is 23.6 Å². The van der Waals surface area contributed by atoms with E-state index in [9.17, 15) is 4.39 Å². The molecule has 3 heteroatoms.